The first kappa shape index (κ1) is 10.9. The van der Waals surface area contributed by atoms with Gasteiger partial charge >= 0.3 is 0 Å². The van der Waals surface area contributed by atoms with Gasteiger partial charge in [-0.25, -0.2) is 0 Å². The van der Waals surface area contributed by atoms with E-state index in [0.717, 1.165) is 5.82 Å². The van der Waals surface area contributed by atoms with Crippen LogP contribution in [-0.4, -0.2) is 22.8 Å². The summed E-state index contributed by atoms with van der Waals surface area (Å²) in [6.07, 6.45) is 1.65. The molecule has 3 N–H and O–H groups in total. The molecular weight excluding hydrogens is 176 g/mol. The van der Waals surface area contributed by atoms with E-state index in [1.165, 1.54) is 0 Å². The number of rotatable bonds is 3. The van der Waals surface area contributed by atoms with Crippen LogP contribution in [0.5, 0.6) is 0 Å². The Morgan fingerprint density at radius 3 is 2.71 bits per heavy atom. The highest BCUT2D eigenvalue weighted by atomic mass is 15.2. The maximum Gasteiger partial charge on any atom is 0.148 e. The summed E-state index contributed by atoms with van der Waals surface area (Å²) in [7, 11) is 0. The van der Waals surface area contributed by atoms with Crippen molar-refractivity contribution in [1.82, 2.24) is 10.2 Å². The van der Waals surface area contributed by atoms with E-state index < -0.39 is 0 Å². The second-order valence-electron chi connectivity index (χ2n) is 4.46. The lowest BCUT2D eigenvalue weighted by molar-refractivity contribution is 0.331. The molecule has 14 heavy (non-hydrogen) atoms. The molecule has 1 rings (SSSR count). The van der Waals surface area contributed by atoms with Gasteiger partial charge in [-0.3, -0.25) is 0 Å². The van der Waals surface area contributed by atoms with Crippen LogP contribution in [0.25, 0.3) is 0 Å². The van der Waals surface area contributed by atoms with Gasteiger partial charge in [0.15, 0.2) is 0 Å². The van der Waals surface area contributed by atoms with Crippen molar-refractivity contribution in [3.8, 4) is 0 Å². The first-order valence-electron chi connectivity index (χ1n) is 4.77. The first-order valence-corrected chi connectivity index (χ1v) is 4.77. The predicted molar refractivity (Wildman–Crippen MR) is 58.0 cm³/mol. The number of hydrogen-bond donors (Lipinski definition) is 2. The summed E-state index contributed by atoms with van der Waals surface area (Å²) in [5.41, 5.74) is 6.09. The molecule has 4 heteroatoms. The molecule has 0 saturated heterocycles. The fourth-order valence-electron chi connectivity index (χ4n) is 0.917. The van der Waals surface area contributed by atoms with E-state index in [9.17, 15) is 0 Å². The van der Waals surface area contributed by atoms with Crippen LogP contribution in [0.1, 0.15) is 20.8 Å². The van der Waals surface area contributed by atoms with Crippen LogP contribution < -0.4 is 11.1 Å². The summed E-state index contributed by atoms with van der Waals surface area (Å²) in [6.45, 7) is 7.07. The molecular formula is C10H18N4. The van der Waals surface area contributed by atoms with Crippen LogP contribution in [-0.2, 0) is 0 Å². The van der Waals surface area contributed by atoms with Gasteiger partial charge < -0.3 is 11.1 Å². The SMILES string of the molecule is CC(C)(C)C(N)CNc1cccnn1. The highest BCUT2D eigenvalue weighted by Gasteiger charge is 2.19. The number of nitrogens with zero attached hydrogens (tertiary/aromatic N) is 2. The number of anilines is 1. The van der Waals surface area contributed by atoms with Gasteiger partial charge in [0.05, 0.1) is 0 Å². The zero-order valence-corrected chi connectivity index (χ0v) is 8.99. The van der Waals surface area contributed by atoms with Crippen LogP contribution in [0.15, 0.2) is 18.3 Å². The number of nitrogens with one attached hydrogen (secondary N) is 1. The fourth-order valence-corrected chi connectivity index (χ4v) is 0.917. The highest BCUT2D eigenvalue weighted by molar-refractivity contribution is 5.31. The third kappa shape index (κ3) is 3.30. The Balaban J connectivity index is 2.42. The van der Waals surface area contributed by atoms with E-state index in [0.29, 0.717) is 6.54 Å². The normalized spacial score (nSPS) is 13.7. The van der Waals surface area contributed by atoms with E-state index in [2.05, 4.69) is 36.3 Å². The number of hydrogen-bond acceptors (Lipinski definition) is 4. The zero-order valence-electron chi connectivity index (χ0n) is 8.99. The second kappa shape index (κ2) is 4.37. The van der Waals surface area contributed by atoms with Gasteiger partial charge in [0, 0.05) is 18.8 Å². The van der Waals surface area contributed by atoms with Crippen molar-refractivity contribution in [3.63, 3.8) is 0 Å². The minimum absolute atomic E-state index is 0.101. The van der Waals surface area contributed by atoms with E-state index >= 15 is 0 Å². The molecule has 0 spiro atoms. The molecule has 1 aromatic rings. The van der Waals surface area contributed by atoms with E-state index in [1.54, 1.807) is 6.20 Å². The van der Waals surface area contributed by atoms with E-state index in [-0.39, 0.29) is 11.5 Å². The van der Waals surface area contributed by atoms with Crippen LogP contribution >= 0.6 is 0 Å². The minimum atomic E-state index is 0.101. The molecule has 78 valence electrons. The van der Waals surface area contributed by atoms with Crippen LogP contribution in [0, 0.1) is 5.41 Å². The van der Waals surface area contributed by atoms with Crippen molar-refractivity contribution in [1.29, 1.82) is 0 Å². The molecule has 0 radical (unpaired) electrons. The van der Waals surface area contributed by atoms with Crippen molar-refractivity contribution in [2.45, 2.75) is 26.8 Å². The molecule has 1 unspecified atom stereocenters. The van der Waals surface area contributed by atoms with Crippen LogP contribution in [0.4, 0.5) is 5.82 Å². The Kier molecular flexibility index (Phi) is 3.41. The average Bonchev–Trinajstić information content (AvgIpc) is 2.14. The molecule has 0 aliphatic carbocycles. The maximum atomic E-state index is 5.99. The molecule has 1 heterocycles. The summed E-state index contributed by atoms with van der Waals surface area (Å²) >= 11 is 0. The van der Waals surface area contributed by atoms with Crippen molar-refractivity contribution in [3.05, 3.63) is 18.3 Å². The number of nitrogens with two attached hydrogens (primary N) is 1. The molecule has 0 aliphatic rings. The Morgan fingerprint density at radius 2 is 2.21 bits per heavy atom. The standard InChI is InChI=1S/C10H18N4/c1-10(2,3)8(11)7-12-9-5-4-6-13-14-9/h4-6,8H,7,11H2,1-3H3,(H,12,14). The lowest BCUT2D eigenvalue weighted by Gasteiger charge is -2.27. The minimum Gasteiger partial charge on any atom is -0.367 e. The number of aromatic nitrogens is 2. The lowest BCUT2D eigenvalue weighted by Crippen LogP contribution is -2.40. The summed E-state index contributed by atoms with van der Waals surface area (Å²) in [5.74, 6) is 0.771. The van der Waals surface area contributed by atoms with Crippen LogP contribution in [0.2, 0.25) is 0 Å². The van der Waals surface area contributed by atoms with Gasteiger partial charge in [0.2, 0.25) is 0 Å². The first-order chi connectivity index (χ1) is 6.50. The van der Waals surface area contributed by atoms with Crippen molar-refractivity contribution in [2.75, 3.05) is 11.9 Å². The molecule has 4 nitrogen and oxygen atoms in total. The fraction of sp³-hybridized carbons (Fsp3) is 0.600. The Morgan fingerprint density at radius 1 is 1.50 bits per heavy atom. The molecule has 1 atom stereocenters. The Labute approximate surface area is 84.9 Å². The highest BCUT2D eigenvalue weighted by Crippen LogP contribution is 2.17. The third-order valence-corrected chi connectivity index (χ3v) is 2.19. The molecule has 1 aromatic heterocycles. The molecule has 0 aromatic carbocycles. The topological polar surface area (TPSA) is 63.8 Å². The molecule has 0 saturated carbocycles. The zero-order chi connectivity index (χ0) is 10.6. The molecule has 0 bridgehead atoms. The largest absolute Gasteiger partial charge is 0.367 e. The van der Waals surface area contributed by atoms with Crippen molar-refractivity contribution >= 4 is 5.82 Å². The third-order valence-electron chi connectivity index (χ3n) is 2.19. The molecule has 0 fully saturated rings. The van der Waals surface area contributed by atoms with Gasteiger partial charge in [-0.1, -0.05) is 20.8 Å². The average molecular weight is 194 g/mol. The van der Waals surface area contributed by atoms with Gasteiger partial charge in [-0.05, 0) is 17.5 Å². The van der Waals surface area contributed by atoms with Gasteiger partial charge in [0.25, 0.3) is 0 Å². The summed E-state index contributed by atoms with van der Waals surface area (Å²) in [4.78, 5) is 0. The van der Waals surface area contributed by atoms with E-state index in [1.807, 2.05) is 12.1 Å². The Bertz CT molecular complexity index is 265. The maximum absolute atomic E-state index is 5.99. The molecule has 0 amide bonds. The molecule has 0 aliphatic heterocycles. The van der Waals surface area contributed by atoms with Gasteiger partial charge in [0.1, 0.15) is 5.82 Å². The quantitative estimate of drug-likeness (QED) is 0.760. The van der Waals surface area contributed by atoms with Gasteiger partial charge in [-0.15, -0.1) is 5.10 Å². The summed E-state index contributed by atoms with van der Waals surface area (Å²) in [5, 5.41) is 10.8. The van der Waals surface area contributed by atoms with E-state index in [4.69, 9.17) is 5.73 Å². The van der Waals surface area contributed by atoms with Crippen molar-refractivity contribution in [2.24, 2.45) is 11.1 Å². The van der Waals surface area contributed by atoms with Crippen molar-refractivity contribution < 1.29 is 0 Å². The predicted octanol–water partition coefficient (Wildman–Crippen LogP) is 1.26. The monoisotopic (exact) mass is 194 g/mol. The summed E-state index contributed by atoms with van der Waals surface area (Å²) in [6, 6.07) is 3.82. The second-order valence-corrected chi connectivity index (χ2v) is 4.46. The van der Waals surface area contributed by atoms with Gasteiger partial charge in [-0.2, -0.15) is 5.10 Å². The smallest absolute Gasteiger partial charge is 0.148 e. The summed E-state index contributed by atoms with van der Waals surface area (Å²) < 4.78 is 0. The lowest BCUT2D eigenvalue weighted by atomic mass is 9.87. The van der Waals surface area contributed by atoms with Crippen LogP contribution in [0.3, 0.4) is 0 Å². The Hall–Kier alpha value is -1.16.